The summed E-state index contributed by atoms with van der Waals surface area (Å²) >= 11 is 0. The standard InChI is InChI=1S/C40H34N2O4/c1-26(20-37-35-10-6-4-8-27(35)22-29(39(37)43)24-41-31-12-16-33(45-2)17-13-31)21-38-36-11-7-5-9-28(36)23-30(40(38)44)25-42-32-14-18-34(46-3)19-15-32/h4-19,22-25,43-44H,1,20-21H2,2-3H3. The van der Waals surface area contributed by atoms with E-state index in [0.717, 1.165) is 61.1 Å². The molecule has 0 aliphatic heterocycles. The second-order valence-corrected chi connectivity index (χ2v) is 11.0. The van der Waals surface area contributed by atoms with E-state index >= 15 is 0 Å². The van der Waals surface area contributed by atoms with Crippen molar-refractivity contribution in [1.82, 2.24) is 0 Å². The highest BCUT2D eigenvalue weighted by Crippen LogP contribution is 2.36. The predicted molar refractivity (Wildman–Crippen MR) is 188 cm³/mol. The molecule has 0 aromatic heterocycles. The van der Waals surface area contributed by atoms with Gasteiger partial charge in [-0.2, -0.15) is 0 Å². The van der Waals surface area contributed by atoms with Crippen molar-refractivity contribution in [3.63, 3.8) is 0 Å². The van der Waals surface area contributed by atoms with E-state index in [1.165, 1.54) is 0 Å². The second-order valence-electron chi connectivity index (χ2n) is 11.0. The van der Waals surface area contributed by atoms with Gasteiger partial charge in [0.25, 0.3) is 0 Å². The third kappa shape index (κ3) is 6.47. The zero-order chi connectivity index (χ0) is 32.0. The number of benzene rings is 6. The highest BCUT2D eigenvalue weighted by Gasteiger charge is 2.17. The molecule has 6 aromatic carbocycles. The number of hydrogen-bond donors (Lipinski definition) is 2. The molecule has 0 saturated heterocycles. The van der Waals surface area contributed by atoms with Crippen LogP contribution in [0.25, 0.3) is 21.5 Å². The number of nitrogens with zero attached hydrogens (tertiary/aromatic N) is 2. The molecule has 0 saturated carbocycles. The third-order valence-corrected chi connectivity index (χ3v) is 8.02. The molecular formula is C40H34N2O4. The van der Waals surface area contributed by atoms with Crippen LogP contribution in [0.15, 0.2) is 131 Å². The number of phenols is 2. The molecule has 0 heterocycles. The first-order valence-electron chi connectivity index (χ1n) is 14.9. The van der Waals surface area contributed by atoms with E-state index in [-0.39, 0.29) is 11.5 Å². The number of methoxy groups -OCH3 is 2. The Hall–Kier alpha value is -5.88. The molecule has 0 amide bonds. The molecule has 6 heteroatoms. The highest BCUT2D eigenvalue weighted by atomic mass is 16.5. The van der Waals surface area contributed by atoms with E-state index in [1.807, 2.05) is 109 Å². The smallest absolute Gasteiger partial charge is 0.128 e. The average Bonchev–Trinajstić information content (AvgIpc) is 3.09. The minimum absolute atomic E-state index is 0.159. The van der Waals surface area contributed by atoms with Gasteiger partial charge in [0.05, 0.1) is 25.6 Å². The lowest BCUT2D eigenvalue weighted by Gasteiger charge is -2.16. The van der Waals surface area contributed by atoms with Crippen LogP contribution in [0.1, 0.15) is 22.3 Å². The molecule has 6 rings (SSSR count). The number of fused-ring (bicyclic) bond motifs is 2. The molecule has 6 aromatic rings. The molecule has 2 N–H and O–H groups in total. The molecular weight excluding hydrogens is 572 g/mol. The Kier molecular flexibility index (Phi) is 8.79. The van der Waals surface area contributed by atoms with Crippen LogP contribution in [-0.4, -0.2) is 36.9 Å². The van der Waals surface area contributed by atoms with E-state index in [0.29, 0.717) is 24.0 Å². The van der Waals surface area contributed by atoms with Crippen LogP contribution < -0.4 is 9.47 Å². The molecule has 0 aliphatic carbocycles. The van der Waals surface area contributed by atoms with Crippen LogP contribution in [0.3, 0.4) is 0 Å². The van der Waals surface area contributed by atoms with Gasteiger partial charge in [-0.05, 0) is 95.1 Å². The zero-order valence-corrected chi connectivity index (χ0v) is 25.8. The van der Waals surface area contributed by atoms with Gasteiger partial charge in [-0.25, -0.2) is 0 Å². The van der Waals surface area contributed by atoms with Crippen LogP contribution in [-0.2, 0) is 12.8 Å². The van der Waals surface area contributed by atoms with E-state index in [1.54, 1.807) is 26.6 Å². The molecule has 0 fully saturated rings. The lowest BCUT2D eigenvalue weighted by molar-refractivity contribution is 0.415. The largest absolute Gasteiger partial charge is 0.507 e. The maximum atomic E-state index is 11.5. The zero-order valence-electron chi connectivity index (χ0n) is 25.8. The predicted octanol–water partition coefficient (Wildman–Crippen LogP) is 9.26. The minimum Gasteiger partial charge on any atom is -0.507 e. The number of ether oxygens (including phenoxy) is 2. The topological polar surface area (TPSA) is 83.6 Å². The quantitative estimate of drug-likeness (QED) is 0.120. The molecule has 6 nitrogen and oxygen atoms in total. The summed E-state index contributed by atoms with van der Waals surface area (Å²) in [6.45, 7) is 4.41. The summed E-state index contributed by atoms with van der Waals surface area (Å²) in [7, 11) is 3.25. The number of hydrogen-bond acceptors (Lipinski definition) is 6. The number of phenolic OH excluding ortho intramolecular Hbond substituents is 2. The van der Waals surface area contributed by atoms with E-state index in [2.05, 4.69) is 16.6 Å². The lowest BCUT2D eigenvalue weighted by atomic mass is 9.90. The van der Waals surface area contributed by atoms with Crippen molar-refractivity contribution < 1.29 is 19.7 Å². The van der Waals surface area contributed by atoms with Crippen LogP contribution >= 0.6 is 0 Å². The molecule has 0 bridgehead atoms. The summed E-state index contributed by atoms with van der Waals surface area (Å²) in [4.78, 5) is 9.19. The molecule has 0 spiro atoms. The number of rotatable bonds is 10. The first-order valence-corrected chi connectivity index (χ1v) is 14.9. The Morgan fingerprint density at radius 3 is 1.39 bits per heavy atom. The van der Waals surface area contributed by atoms with Crippen molar-refractivity contribution in [3.8, 4) is 23.0 Å². The Bertz CT molecular complexity index is 1950. The number of aromatic hydroxyl groups is 2. The van der Waals surface area contributed by atoms with Crippen molar-refractivity contribution in [3.05, 3.63) is 144 Å². The van der Waals surface area contributed by atoms with Gasteiger partial charge in [0.2, 0.25) is 0 Å². The van der Waals surface area contributed by atoms with Gasteiger partial charge in [-0.15, -0.1) is 0 Å². The fourth-order valence-corrected chi connectivity index (χ4v) is 5.61. The van der Waals surface area contributed by atoms with Gasteiger partial charge in [-0.1, -0.05) is 60.7 Å². The molecule has 46 heavy (non-hydrogen) atoms. The Balaban J connectivity index is 1.32. The summed E-state index contributed by atoms with van der Waals surface area (Å²) in [5.41, 5.74) is 5.09. The van der Waals surface area contributed by atoms with Crippen molar-refractivity contribution >= 4 is 45.3 Å². The summed E-state index contributed by atoms with van der Waals surface area (Å²) < 4.78 is 10.5. The van der Waals surface area contributed by atoms with Crippen molar-refractivity contribution in [2.45, 2.75) is 12.8 Å². The average molecular weight is 607 g/mol. The minimum atomic E-state index is 0.159. The van der Waals surface area contributed by atoms with Crippen LogP contribution in [0.4, 0.5) is 11.4 Å². The van der Waals surface area contributed by atoms with Gasteiger partial charge >= 0.3 is 0 Å². The highest BCUT2D eigenvalue weighted by molar-refractivity contribution is 5.98. The third-order valence-electron chi connectivity index (χ3n) is 8.02. The lowest BCUT2D eigenvalue weighted by Crippen LogP contribution is -2.00. The molecule has 0 unspecified atom stereocenters. The van der Waals surface area contributed by atoms with Gasteiger partial charge in [-0.3, -0.25) is 9.98 Å². The molecule has 0 atom stereocenters. The second kappa shape index (κ2) is 13.4. The summed E-state index contributed by atoms with van der Waals surface area (Å²) in [5, 5.41) is 26.9. The van der Waals surface area contributed by atoms with Crippen LogP contribution in [0.5, 0.6) is 23.0 Å². The van der Waals surface area contributed by atoms with E-state index < -0.39 is 0 Å². The van der Waals surface area contributed by atoms with Crippen molar-refractivity contribution in [2.75, 3.05) is 14.2 Å². The van der Waals surface area contributed by atoms with E-state index in [4.69, 9.17) is 9.47 Å². The molecule has 228 valence electrons. The normalized spacial score (nSPS) is 11.5. The maximum absolute atomic E-state index is 11.5. The number of aliphatic imine (C=N–C) groups is 2. The van der Waals surface area contributed by atoms with Crippen molar-refractivity contribution in [2.24, 2.45) is 9.98 Å². The SMILES string of the molecule is C=C(Cc1c(O)c(C=Nc2ccc(OC)cc2)cc2ccccc12)Cc1c(O)c(C=Nc2ccc(OC)cc2)cc2ccccc12. The van der Waals surface area contributed by atoms with Gasteiger partial charge in [0, 0.05) is 34.7 Å². The summed E-state index contributed by atoms with van der Waals surface area (Å²) in [6, 6.07) is 34.7. The van der Waals surface area contributed by atoms with Crippen LogP contribution in [0.2, 0.25) is 0 Å². The monoisotopic (exact) mass is 606 g/mol. The fraction of sp³-hybridized carbons (Fsp3) is 0.100. The first kappa shape index (κ1) is 30.2. The van der Waals surface area contributed by atoms with Crippen LogP contribution in [0, 0.1) is 0 Å². The van der Waals surface area contributed by atoms with Gasteiger partial charge < -0.3 is 19.7 Å². The summed E-state index contributed by atoms with van der Waals surface area (Å²) in [5.74, 6) is 1.82. The summed E-state index contributed by atoms with van der Waals surface area (Å²) in [6.07, 6.45) is 4.19. The van der Waals surface area contributed by atoms with Crippen molar-refractivity contribution in [1.29, 1.82) is 0 Å². The molecule has 0 aliphatic rings. The molecule has 0 radical (unpaired) electrons. The Labute approximate surface area is 268 Å². The van der Waals surface area contributed by atoms with Gasteiger partial charge in [0.1, 0.15) is 23.0 Å². The maximum Gasteiger partial charge on any atom is 0.128 e. The fourth-order valence-electron chi connectivity index (χ4n) is 5.61. The Morgan fingerprint density at radius 2 is 1.00 bits per heavy atom. The first-order chi connectivity index (χ1) is 22.4. The van der Waals surface area contributed by atoms with Gasteiger partial charge in [0.15, 0.2) is 0 Å². The Morgan fingerprint density at radius 1 is 0.609 bits per heavy atom. The number of allylic oxidation sites excluding steroid dienone is 1. The van der Waals surface area contributed by atoms with E-state index in [9.17, 15) is 10.2 Å².